The van der Waals surface area contributed by atoms with E-state index >= 15 is 0 Å². The zero-order valence-corrected chi connectivity index (χ0v) is 16.1. The molecule has 8 heteroatoms. The highest BCUT2D eigenvalue weighted by Gasteiger charge is 2.42. The van der Waals surface area contributed by atoms with Crippen molar-refractivity contribution in [2.24, 2.45) is 13.0 Å². The summed E-state index contributed by atoms with van der Waals surface area (Å²) in [5.74, 6) is 0.777. The summed E-state index contributed by atoms with van der Waals surface area (Å²) in [4.78, 5) is 33.4. The summed E-state index contributed by atoms with van der Waals surface area (Å²) in [6.45, 7) is 2.47. The maximum absolute atomic E-state index is 13.4. The topological polar surface area (TPSA) is 80.6 Å². The van der Waals surface area contributed by atoms with Crippen molar-refractivity contribution >= 4 is 17.6 Å². The van der Waals surface area contributed by atoms with Gasteiger partial charge in [-0.15, -0.1) is 0 Å². The van der Waals surface area contributed by atoms with E-state index in [4.69, 9.17) is 4.74 Å². The average Bonchev–Trinajstić information content (AvgIpc) is 3.12. The van der Waals surface area contributed by atoms with Crippen molar-refractivity contribution in [2.45, 2.75) is 25.8 Å². The molecule has 27 heavy (non-hydrogen) atoms. The van der Waals surface area contributed by atoms with Gasteiger partial charge in [-0.25, -0.2) is 4.98 Å². The largest absolute Gasteiger partial charge is 0.497 e. The molecular formula is C19H25N5O3. The van der Waals surface area contributed by atoms with Crippen LogP contribution in [-0.2, 0) is 16.6 Å². The molecule has 2 amide bonds. The first-order valence-corrected chi connectivity index (χ1v) is 9.02. The first-order chi connectivity index (χ1) is 13.0. The van der Waals surface area contributed by atoms with Crippen molar-refractivity contribution in [3.8, 4) is 5.75 Å². The lowest BCUT2D eigenvalue weighted by Gasteiger charge is -2.41. The molecule has 1 aliphatic heterocycles. The number of amides is 2. The molecule has 1 saturated heterocycles. The Hall–Kier alpha value is -2.90. The van der Waals surface area contributed by atoms with Crippen LogP contribution in [0.4, 0.5) is 5.82 Å². The minimum Gasteiger partial charge on any atom is -0.497 e. The summed E-state index contributed by atoms with van der Waals surface area (Å²) in [6, 6.07) is 4.99. The third-order valence-electron chi connectivity index (χ3n) is 5.15. The van der Waals surface area contributed by atoms with Crippen molar-refractivity contribution in [2.75, 3.05) is 25.6 Å². The highest BCUT2D eigenvalue weighted by atomic mass is 16.5. The van der Waals surface area contributed by atoms with Gasteiger partial charge < -0.3 is 9.64 Å². The van der Waals surface area contributed by atoms with Crippen LogP contribution < -0.4 is 9.64 Å². The van der Waals surface area contributed by atoms with Crippen LogP contribution in [0.5, 0.6) is 5.75 Å². The number of aromatic nitrogens is 3. The molecular weight excluding hydrogens is 346 g/mol. The molecule has 0 aromatic carbocycles. The third-order valence-corrected chi connectivity index (χ3v) is 5.15. The molecule has 8 nitrogen and oxygen atoms in total. The molecule has 3 rings (SSSR count). The minimum absolute atomic E-state index is 0.0647. The van der Waals surface area contributed by atoms with E-state index in [1.807, 2.05) is 20.0 Å². The first-order valence-electron chi connectivity index (χ1n) is 9.02. The zero-order valence-electron chi connectivity index (χ0n) is 16.1. The Morgan fingerprint density at radius 3 is 2.78 bits per heavy atom. The van der Waals surface area contributed by atoms with Crippen molar-refractivity contribution in [3.05, 3.63) is 36.3 Å². The third kappa shape index (κ3) is 3.51. The number of ether oxygens (including phenoxy) is 1. The van der Waals surface area contributed by atoms with Gasteiger partial charge in [-0.05, 0) is 25.5 Å². The van der Waals surface area contributed by atoms with Crippen LogP contribution in [-0.4, -0.2) is 52.2 Å². The maximum atomic E-state index is 13.4. The Bertz CT molecular complexity index is 834. The van der Waals surface area contributed by atoms with Crippen LogP contribution in [0, 0.1) is 5.92 Å². The molecule has 1 aliphatic rings. The lowest BCUT2D eigenvalue weighted by atomic mass is 9.85. The second-order valence-electron chi connectivity index (χ2n) is 6.60. The Balaban J connectivity index is 1.95. The number of carbonyl (C=O) groups is 2. The highest BCUT2D eigenvalue weighted by Crippen LogP contribution is 2.38. The number of nitrogens with zero attached hydrogens (tertiary/aromatic N) is 5. The molecule has 2 aromatic rings. The zero-order chi connectivity index (χ0) is 19.6. The number of rotatable bonds is 5. The molecule has 0 spiro atoms. The van der Waals surface area contributed by atoms with E-state index in [-0.39, 0.29) is 23.8 Å². The standard InChI is InChI=1S/C19H25N5O3/c1-5-24-17(25)7-6-14(18(24)15-9-11-21-23(15)3)19(26)22(2)16-12-13(27-4)8-10-20-16/h8-12,14,18H,5-7H2,1-4H3/t14-,18-/m0/s1. The number of hydrogen-bond acceptors (Lipinski definition) is 5. The Kier molecular flexibility index (Phi) is 5.43. The van der Waals surface area contributed by atoms with Gasteiger partial charge in [-0.2, -0.15) is 5.10 Å². The quantitative estimate of drug-likeness (QED) is 0.800. The lowest BCUT2D eigenvalue weighted by Crippen LogP contribution is -2.49. The molecule has 0 N–H and O–H groups in total. The van der Waals surface area contributed by atoms with Gasteiger partial charge >= 0.3 is 0 Å². The number of methoxy groups -OCH3 is 1. The molecule has 0 saturated carbocycles. The monoisotopic (exact) mass is 371 g/mol. The maximum Gasteiger partial charge on any atom is 0.233 e. The first kappa shape index (κ1) is 18.9. The van der Waals surface area contributed by atoms with Gasteiger partial charge in [0, 0.05) is 45.5 Å². The summed E-state index contributed by atoms with van der Waals surface area (Å²) in [5, 5.41) is 4.23. The van der Waals surface area contributed by atoms with Crippen molar-refractivity contribution in [3.63, 3.8) is 0 Å². The van der Waals surface area contributed by atoms with E-state index in [0.29, 0.717) is 31.0 Å². The van der Waals surface area contributed by atoms with Gasteiger partial charge in [-0.3, -0.25) is 19.2 Å². The van der Waals surface area contributed by atoms with Crippen molar-refractivity contribution in [1.29, 1.82) is 0 Å². The van der Waals surface area contributed by atoms with Gasteiger partial charge in [-0.1, -0.05) is 0 Å². The van der Waals surface area contributed by atoms with E-state index in [9.17, 15) is 9.59 Å². The number of anilines is 1. The van der Waals surface area contributed by atoms with Gasteiger partial charge in [0.1, 0.15) is 11.6 Å². The summed E-state index contributed by atoms with van der Waals surface area (Å²) >= 11 is 0. The average molecular weight is 371 g/mol. The van der Waals surface area contributed by atoms with Crippen molar-refractivity contribution in [1.82, 2.24) is 19.7 Å². The molecule has 0 aliphatic carbocycles. The Morgan fingerprint density at radius 1 is 1.37 bits per heavy atom. The minimum atomic E-state index is -0.365. The van der Waals surface area contributed by atoms with E-state index < -0.39 is 0 Å². The van der Waals surface area contributed by atoms with Crippen molar-refractivity contribution < 1.29 is 14.3 Å². The molecule has 0 radical (unpaired) electrons. The smallest absolute Gasteiger partial charge is 0.233 e. The van der Waals surface area contributed by atoms with E-state index in [1.165, 1.54) is 0 Å². The van der Waals surface area contributed by atoms with E-state index in [1.54, 1.807) is 53.2 Å². The fraction of sp³-hybridized carbons (Fsp3) is 0.474. The molecule has 0 unspecified atom stereocenters. The number of hydrogen-bond donors (Lipinski definition) is 0. The second-order valence-corrected chi connectivity index (χ2v) is 6.60. The van der Waals surface area contributed by atoms with E-state index in [0.717, 1.165) is 5.69 Å². The summed E-state index contributed by atoms with van der Waals surface area (Å²) in [6.07, 6.45) is 4.16. The van der Waals surface area contributed by atoms with Crippen LogP contribution in [0.2, 0.25) is 0 Å². The summed E-state index contributed by atoms with van der Waals surface area (Å²) in [7, 11) is 5.11. The fourth-order valence-corrected chi connectivity index (χ4v) is 3.70. The van der Waals surface area contributed by atoms with Crippen LogP contribution in [0.3, 0.4) is 0 Å². The summed E-state index contributed by atoms with van der Waals surface area (Å²) in [5.41, 5.74) is 0.857. The molecule has 0 bridgehead atoms. The van der Waals surface area contributed by atoms with Crippen LogP contribution in [0.25, 0.3) is 0 Å². The van der Waals surface area contributed by atoms with Crippen LogP contribution >= 0.6 is 0 Å². The Morgan fingerprint density at radius 2 is 2.15 bits per heavy atom. The molecule has 2 aromatic heterocycles. The molecule has 1 fully saturated rings. The number of likely N-dealkylation sites (tertiary alicyclic amines) is 1. The Labute approximate surface area is 158 Å². The lowest BCUT2D eigenvalue weighted by molar-refractivity contribution is -0.142. The predicted octanol–water partition coefficient (Wildman–Crippen LogP) is 1.79. The van der Waals surface area contributed by atoms with Gasteiger partial charge in [0.15, 0.2) is 0 Å². The number of carbonyl (C=O) groups excluding carboxylic acids is 2. The summed E-state index contributed by atoms with van der Waals surface area (Å²) < 4.78 is 6.96. The second kappa shape index (κ2) is 7.77. The predicted molar refractivity (Wildman–Crippen MR) is 100 cm³/mol. The fourth-order valence-electron chi connectivity index (χ4n) is 3.70. The molecule has 2 atom stereocenters. The van der Waals surface area contributed by atoms with Gasteiger partial charge in [0.25, 0.3) is 0 Å². The normalized spacial score (nSPS) is 19.9. The number of piperidine rings is 1. The van der Waals surface area contributed by atoms with Gasteiger partial charge in [0.05, 0.1) is 24.8 Å². The highest BCUT2D eigenvalue weighted by molar-refractivity contribution is 5.95. The molecule has 3 heterocycles. The van der Waals surface area contributed by atoms with Crippen LogP contribution in [0.15, 0.2) is 30.6 Å². The number of pyridine rings is 1. The van der Waals surface area contributed by atoms with Crippen LogP contribution in [0.1, 0.15) is 31.5 Å². The number of aryl methyl sites for hydroxylation is 1. The SMILES string of the molecule is CCN1C(=O)CC[C@H](C(=O)N(C)c2cc(OC)ccn2)[C@H]1c1ccnn1C. The van der Waals surface area contributed by atoms with Gasteiger partial charge in [0.2, 0.25) is 11.8 Å². The van der Waals surface area contributed by atoms with E-state index in [2.05, 4.69) is 10.1 Å². The molecule has 144 valence electrons.